The number of ether oxygens (including phenoxy) is 1. The maximum Gasteiger partial charge on any atom is 0.304 e. The molecule has 4 nitrogen and oxygen atoms in total. The van der Waals surface area contributed by atoms with Crippen LogP contribution in [0.2, 0.25) is 0 Å². The molecule has 0 heterocycles. The van der Waals surface area contributed by atoms with Crippen molar-refractivity contribution in [2.45, 2.75) is 26.5 Å². The standard InChI is InChI=1S/C14H21NO3/c1-3-15(9-8-14(16)17)10-12-6-4-5-7-13(12)11-18-2/h4-7H,3,8-11H2,1-2H3,(H,16,17). The molecule has 0 aliphatic rings. The molecule has 18 heavy (non-hydrogen) atoms. The molecule has 0 bridgehead atoms. The molecule has 0 aliphatic carbocycles. The Morgan fingerprint density at radius 3 is 2.56 bits per heavy atom. The maximum absolute atomic E-state index is 10.6. The summed E-state index contributed by atoms with van der Waals surface area (Å²) in [5.74, 6) is -0.751. The summed E-state index contributed by atoms with van der Waals surface area (Å²) in [5.41, 5.74) is 2.36. The first-order chi connectivity index (χ1) is 8.67. The summed E-state index contributed by atoms with van der Waals surface area (Å²) in [6, 6.07) is 8.10. The number of methoxy groups -OCH3 is 1. The predicted octanol–water partition coefficient (Wildman–Crippen LogP) is 2.13. The van der Waals surface area contributed by atoms with E-state index in [9.17, 15) is 4.79 Å². The molecular formula is C14H21NO3. The predicted molar refractivity (Wildman–Crippen MR) is 70.4 cm³/mol. The number of nitrogens with zero attached hydrogens (tertiary/aromatic N) is 1. The van der Waals surface area contributed by atoms with E-state index >= 15 is 0 Å². The van der Waals surface area contributed by atoms with Gasteiger partial charge in [0.2, 0.25) is 0 Å². The van der Waals surface area contributed by atoms with Crippen LogP contribution in [0.1, 0.15) is 24.5 Å². The highest BCUT2D eigenvalue weighted by molar-refractivity contribution is 5.66. The first-order valence-corrected chi connectivity index (χ1v) is 6.17. The van der Waals surface area contributed by atoms with E-state index in [1.54, 1.807) is 7.11 Å². The van der Waals surface area contributed by atoms with Gasteiger partial charge in [-0.05, 0) is 17.7 Å². The Kier molecular flexibility index (Phi) is 6.39. The molecule has 0 unspecified atom stereocenters. The molecule has 1 N–H and O–H groups in total. The number of hydrogen-bond donors (Lipinski definition) is 1. The third-order valence-electron chi connectivity index (χ3n) is 2.90. The van der Waals surface area contributed by atoms with Crippen molar-refractivity contribution in [2.75, 3.05) is 20.2 Å². The van der Waals surface area contributed by atoms with Crippen LogP contribution in [-0.2, 0) is 22.7 Å². The van der Waals surface area contributed by atoms with Gasteiger partial charge in [-0.25, -0.2) is 0 Å². The quantitative estimate of drug-likeness (QED) is 0.769. The highest BCUT2D eigenvalue weighted by atomic mass is 16.5. The van der Waals surface area contributed by atoms with Crippen LogP contribution in [0.3, 0.4) is 0 Å². The molecule has 1 rings (SSSR count). The fourth-order valence-electron chi connectivity index (χ4n) is 1.85. The number of aliphatic carboxylic acids is 1. The maximum atomic E-state index is 10.6. The van der Waals surface area contributed by atoms with Gasteiger partial charge < -0.3 is 9.84 Å². The number of carboxylic acids is 1. The van der Waals surface area contributed by atoms with Crippen molar-refractivity contribution in [3.63, 3.8) is 0 Å². The van der Waals surface area contributed by atoms with Crippen LogP contribution in [0.4, 0.5) is 0 Å². The zero-order valence-corrected chi connectivity index (χ0v) is 11.1. The van der Waals surface area contributed by atoms with E-state index in [4.69, 9.17) is 9.84 Å². The molecule has 0 spiro atoms. The van der Waals surface area contributed by atoms with Crippen LogP contribution < -0.4 is 0 Å². The lowest BCUT2D eigenvalue weighted by atomic mass is 10.1. The largest absolute Gasteiger partial charge is 0.481 e. The average Bonchev–Trinajstić information content (AvgIpc) is 2.36. The highest BCUT2D eigenvalue weighted by Gasteiger charge is 2.09. The van der Waals surface area contributed by atoms with Gasteiger partial charge in [-0.15, -0.1) is 0 Å². The number of carboxylic acid groups (broad SMARTS) is 1. The summed E-state index contributed by atoms with van der Waals surface area (Å²) >= 11 is 0. The Labute approximate surface area is 108 Å². The average molecular weight is 251 g/mol. The van der Waals surface area contributed by atoms with Crippen LogP contribution in [-0.4, -0.2) is 36.2 Å². The zero-order chi connectivity index (χ0) is 13.4. The third kappa shape index (κ3) is 4.85. The van der Waals surface area contributed by atoms with Crippen molar-refractivity contribution in [3.8, 4) is 0 Å². The van der Waals surface area contributed by atoms with Gasteiger partial charge in [0.05, 0.1) is 13.0 Å². The lowest BCUT2D eigenvalue weighted by Gasteiger charge is -2.21. The number of benzene rings is 1. The minimum atomic E-state index is -0.751. The molecule has 0 aromatic heterocycles. The van der Waals surface area contributed by atoms with Crippen LogP contribution >= 0.6 is 0 Å². The smallest absolute Gasteiger partial charge is 0.304 e. The van der Waals surface area contributed by atoms with Gasteiger partial charge >= 0.3 is 5.97 Å². The number of rotatable bonds is 8. The van der Waals surface area contributed by atoms with E-state index in [1.165, 1.54) is 5.56 Å². The van der Waals surface area contributed by atoms with Crippen LogP contribution in [0, 0.1) is 0 Å². The first kappa shape index (κ1) is 14.7. The Hall–Kier alpha value is -1.39. The zero-order valence-electron chi connectivity index (χ0n) is 11.1. The van der Waals surface area contributed by atoms with Crippen LogP contribution in [0.5, 0.6) is 0 Å². The van der Waals surface area contributed by atoms with Gasteiger partial charge in [0, 0.05) is 20.2 Å². The Morgan fingerprint density at radius 1 is 1.33 bits per heavy atom. The Balaban J connectivity index is 2.65. The summed E-state index contributed by atoms with van der Waals surface area (Å²) < 4.78 is 5.17. The van der Waals surface area contributed by atoms with E-state index in [0.29, 0.717) is 13.2 Å². The molecule has 4 heteroatoms. The van der Waals surface area contributed by atoms with Crippen molar-refractivity contribution >= 4 is 5.97 Å². The number of carbonyl (C=O) groups is 1. The second-order valence-corrected chi connectivity index (χ2v) is 4.21. The molecule has 1 aromatic carbocycles. The second-order valence-electron chi connectivity index (χ2n) is 4.21. The monoisotopic (exact) mass is 251 g/mol. The lowest BCUT2D eigenvalue weighted by molar-refractivity contribution is -0.137. The van der Waals surface area contributed by atoms with Crippen molar-refractivity contribution in [1.82, 2.24) is 4.90 Å². The van der Waals surface area contributed by atoms with Gasteiger partial charge in [-0.1, -0.05) is 31.2 Å². The van der Waals surface area contributed by atoms with E-state index in [2.05, 4.69) is 11.0 Å². The topological polar surface area (TPSA) is 49.8 Å². The molecule has 0 saturated carbocycles. The second kappa shape index (κ2) is 7.84. The van der Waals surface area contributed by atoms with Crippen molar-refractivity contribution in [1.29, 1.82) is 0 Å². The number of hydrogen-bond acceptors (Lipinski definition) is 3. The molecule has 100 valence electrons. The first-order valence-electron chi connectivity index (χ1n) is 6.17. The van der Waals surface area contributed by atoms with Gasteiger partial charge in [-0.3, -0.25) is 9.69 Å². The van der Waals surface area contributed by atoms with Gasteiger partial charge in [-0.2, -0.15) is 0 Å². The van der Waals surface area contributed by atoms with Crippen LogP contribution in [0.15, 0.2) is 24.3 Å². The van der Waals surface area contributed by atoms with Gasteiger partial charge in [0.1, 0.15) is 0 Å². The fraction of sp³-hybridized carbons (Fsp3) is 0.500. The summed E-state index contributed by atoms with van der Waals surface area (Å²) in [7, 11) is 1.68. The molecule has 0 fully saturated rings. The summed E-state index contributed by atoms with van der Waals surface area (Å²) in [4.78, 5) is 12.7. The summed E-state index contributed by atoms with van der Waals surface area (Å²) in [5, 5.41) is 8.72. The third-order valence-corrected chi connectivity index (χ3v) is 2.90. The lowest BCUT2D eigenvalue weighted by Crippen LogP contribution is -2.26. The van der Waals surface area contributed by atoms with E-state index in [1.807, 2.05) is 25.1 Å². The van der Waals surface area contributed by atoms with Crippen LogP contribution in [0.25, 0.3) is 0 Å². The highest BCUT2D eigenvalue weighted by Crippen LogP contribution is 2.13. The molecule has 0 radical (unpaired) electrons. The van der Waals surface area contributed by atoms with Crippen molar-refractivity contribution < 1.29 is 14.6 Å². The Bertz CT molecular complexity index is 379. The minimum absolute atomic E-state index is 0.181. The minimum Gasteiger partial charge on any atom is -0.481 e. The normalized spacial score (nSPS) is 10.8. The summed E-state index contributed by atoms with van der Waals surface area (Å²) in [6.45, 7) is 4.82. The molecule has 0 atom stereocenters. The Morgan fingerprint density at radius 2 is 2.00 bits per heavy atom. The van der Waals surface area contributed by atoms with Crippen molar-refractivity contribution in [2.24, 2.45) is 0 Å². The summed E-state index contributed by atoms with van der Waals surface area (Å²) in [6.07, 6.45) is 0.181. The van der Waals surface area contributed by atoms with Gasteiger partial charge in [0.15, 0.2) is 0 Å². The van der Waals surface area contributed by atoms with E-state index < -0.39 is 5.97 Å². The van der Waals surface area contributed by atoms with Crippen molar-refractivity contribution in [3.05, 3.63) is 35.4 Å². The molecule has 0 aliphatic heterocycles. The molecule has 0 saturated heterocycles. The fourth-order valence-corrected chi connectivity index (χ4v) is 1.85. The molecule has 1 aromatic rings. The SMILES string of the molecule is CCN(CCC(=O)O)Cc1ccccc1COC. The van der Waals surface area contributed by atoms with Gasteiger partial charge in [0.25, 0.3) is 0 Å². The van der Waals surface area contributed by atoms with E-state index in [-0.39, 0.29) is 6.42 Å². The molecular weight excluding hydrogens is 230 g/mol. The van der Waals surface area contributed by atoms with E-state index in [0.717, 1.165) is 18.7 Å². The molecule has 0 amide bonds.